The number of para-hydroxylation sites is 1. The third-order valence-corrected chi connectivity index (χ3v) is 19.9. The van der Waals surface area contributed by atoms with Crippen molar-refractivity contribution in [2.24, 2.45) is 0 Å². The number of rotatable bonds is 13. The Morgan fingerprint density at radius 1 is 0.235 bits per heavy atom. The van der Waals surface area contributed by atoms with Crippen LogP contribution in [0.4, 0.5) is 34.1 Å². The third-order valence-electron chi connectivity index (χ3n) is 19.9. The van der Waals surface area contributed by atoms with E-state index in [0.717, 1.165) is 161 Å². The Bertz CT molecular complexity index is 6270. The summed E-state index contributed by atoms with van der Waals surface area (Å²) >= 11 is 0. The van der Waals surface area contributed by atoms with Crippen molar-refractivity contribution < 1.29 is 13.6 Å². The molecule has 98 heavy (non-hydrogen) atoms. The van der Waals surface area contributed by atoms with Gasteiger partial charge in [-0.25, -0.2) is 0 Å². The molecule has 0 saturated heterocycles. The summed E-state index contributed by atoms with van der Waals surface area (Å²) in [4.78, 5) is 4.69. The highest BCUT2D eigenvalue weighted by Crippen LogP contribution is 2.54. The molecule has 0 atom stereocenters. The second kappa shape index (κ2) is 23.2. The largest absolute Gasteiger partial charge is 0.497 e. The van der Waals surface area contributed by atoms with Gasteiger partial charge in [-0.15, -0.1) is 0 Å². The van der Waals surface area contributed by atoms with E-state index in [1.54, 1.807) is 7.11 Å². The molecule has 5 heteroatoms. The monoisotopic (exact) mass is 1250 g/mol. The quantitative estimate of drug-likeness (QED) is 0.115. The number of anilines is 6. The zero-order chi connectivity index (χ0) is 64.8. The van der Waals surface area contributed by atoms with Crippen LogP contribution in [-0.4, -0.2) is 7.11 Å². The van der Waals surface area contributed by atoms with Gasteiger partial charge in [-0.1, -0.05) is 249 Å². The first-order chi connectivity index (χ1) is 48.5. The average molecular weight is 1250 g/mol. The topological polar surface area (TPSA) is 42.0 Å². The van der Waals surface area contributed by atoms with Crippen LogP contribution in [0.15, 0.2) is 355 Å². The molecule has 0 fully saturated rings. The Labute approximate surface area is 566 Å². The predicted octanol–water partition coefficient (Wildman–Crippen LogP) is 26.5. The van der Waals surface area contributed by atoms with Crippen LogP contribution in [0.5, 0.6) is 5.75 Å². The van der Waals surface area contributed by atoms with Crippen molar-refractivity contribution >= 4 is 121 Å². The summed E-state index contributed by atoms with van der Waals surface area (Å²) in [5.74, 6) is 0.750. The van der Waals surface area contributed by atoms with Gasteiger partial charge in [0.15, 0.2) is 5.58 Å². The van der Waals surface area contributed by atoms with Crippen molar-refractivity contribution in [2.75, 3.05) is 16.9 Å². The van der Waals surface area contributed by atoms with Crippen molar-refractivity contribution in [1.82, 2.24) is 0 Å². The molecule has 0 N–H and O–H groups in total. The van der Waals surface area contributed by atoms with Crippen molar-refractivity contribution in [3.05, 3.63) is 346 Å². The third kappa shape index (κ3) is 9.46. The summed E-state index contributed by atoms with van der Waals surface area (Å²) in [5.41, 5.74) is 22.2. The smallest absolute Gasteiger partial charge is 0.160 e. The molecule has 19 aromatic rings. The molecule has 2 heterocycles. The van der Waals surface area contributed by atoms with Gasteiger partial charge in [0.2, 0.25) is 0 Å². The zero-order valence-electron chi connectivity index (χ0n) is 53.5. The van der Waals surface area contributed by atoms with Crippen molar-refractivity contribution in [3.8, 4) is 72.5 Å². The van der Waals surface area contributed by atoms with E-state index in [4.69, 9.17) is 13.6 Å². The van der Waals surface area contributed by atoms with Crippen LogP contribution >= 0.6 is 0 Å². The molecule has 0 unspecified atom stereocenters. The molecular weight excluding hydrogens is 1190 g/mol. The van der Waals surface area contributed by atoms with Crippen LogP contribution in [0.3, 0.4) is 0 Å². The molecule has 0 saturated carbocycles. The lowest BCUT2D eigenvalue weighted by Crippen LogP contribution is -2.10. The van der Waals surface area contributed by atoms with Crippen LogP contribution in [0, 0.1) is 0 Å². The average Bonchev–Trinajstić information content (AvgIpc) is 1.51. The molecule has 0 aliphatic heterocycles. The van der Waals surface area contributed by atoms with Gasteiger partial charge in [0.25, 0.3) is 0 Å². The van der Waals surface area contributed by atoms with Gasteiger partial charge in [0.1, 0.15) is 22.5 Å². The Balaban J connectivity index is 0.911. The van der Waals surface area contributed by atoms with Crippen LogP contribution < -0.4 is 14.5 Å². The van der Waals surface area contributed by atoms with Gasteiger partial charge in [-0.05, 0) is 184 Å². The summed E-state index contributed by atoms with van der Waals surface area (Å²) in [5, 5.41) is 13.0. The minimum atomic E-state index is 0.750. The molecule has 0 bridgehead atoms. The number of methoxy groups -OCH3 is 1. The van der Waals surface area contributed by atoms with Gasteiger partial charge in [0.05, 0.1) is 18.5 Å². The summed E-state index contributed by atoms with van der Waals surface area (Å²) in [6.45, 7) is 0. The summed E-state index contributed by atoms with van der Waals surface area (Å²) < 4.78 is 21.6. The summed E-state index contributed by atoms with van der Waals surface area (Å²) in [6, 6.07) is 125. The molecule has 0 aliphatic rings. The van der Waals surface area contributed by atoms with E-state index < -0.39 is 0 Å². The fraction of sp³-hybridized carbons (Fsp3) is 0.0108. The van der Waals surface area contributed by atoms with Crippen molar-refractivity contribution in [2.45, 2.75) is 0 Å². The maximum atomic E-state index is 7.93. The molecule has 0 amide bonds. The minimum absolute atomic E-state index is 0.750. The Kier molecular flexibility index (Phi) is 13.4. The van der Waals surface area contributed by atoms with Crippen LogP contribution in [0.2, 0.25) is 0 Å². The number of nitrogens with zero attached hydrogens (tertiary/aromatic N) is 2. The minimum Gasteiger partial charge on any atom is -0.497 e. The van der Waals surface area contributed by atoms with Gasteiger partial charge in [-0.2, -0.15) is 0 Å². The molecule has 2 aromatic heterocycles. The predicted molar refractivity (Wildman–Crippen MR) is 411 cm³/mol. The second-order valence-corrected chi connectivity index (χ2v) is 25.4. The van der Waals surface area contributed by atoms with E-state index in [2.05, 4.69) is 350 Å². The van der Waals surface area contributed by atoms with Crippen molar-refractivity contribution in [1.29, 1.82) is 0 Å². The molecule has 17 aromatic carbocycles. The van der Waals surface area contributed by atoms with Gasteiger partial charge in [-0.3, -0.25) is 0 Å². The highest BCUT2D eigenvalue weighted by Gasteiger charge is 2.29. The molecule has 5 nitrogen and oxygen atoms in total. The van der Waals surface area contributed by atoms with Crippen LogP contribution in [0.25, 0.3) is 154 Å². The SMILES string of the molecule is COc1cccc(N(c2cccc(-c3ccccc3)c2)c2cc3oc4c(-c5ccc6ccccc6c5)ccc5c6ccc(N(c7ccccc7)c7ccc(-c8ccccc8)cc7)c7oc8c(-c9ccc(-c%10ccccc%10-c%10ccc%11ccccc%11c%10)cc9)ccc(c(c2)c3c45)c8c76)c1. The first kappa shape index (κ1) is 56.6. The highest BCUT2D eigenvalue weighted by atomic mass is 16.5. The summed E-state index contributed by atoms with van der Waals surface area (Å²) in [6.07, 6.45) is 0. The maximum absolute atomic E-state index is 7.93. The zero-order valence-corrected chi connectivity index (χ0v) is 53.5. The van der Waals surface area contributed by atoms with E-state index in [9.17, 15) is 0 Å². The second-order valence-electron chi connectivity index (χ2n) is 25.4. The number of furan rings is 2. The van der Waals surface area contributed by atoms with Gasteiger partial charge >= 0.3 is 0 Å². The summed E-state index contributed by atoms with van der Waals surface area (Å²) in [7, 11) is 1.73. The number of hydrogen-bond acceptors (Lipinski definition) is 5. The fourth-order valence-electron chi connectivity index (χ4n) is 15.2. The van der Waals surface area contributed by atoms with E-state index in [1.807, 2.05) is 6.07 Å². The van der Waals surface area contributed by atoms with E-state index in [-0.39, 0.29) is 0 Å². The molecule has 0 aliphatic carbocycles. The number of fused-ring (bicyclic) bond motifs is 4. The first-order valence-electron chi connectivity index (χ1n) is 33.4. The normalized spacial score (nSPS) is 11.7. The molecule has 19 rings (SSSR count). The Hall–Kier alpha value is -13.0. The lowest BCUT2D eigenvalue weighted by Gasteiger charge is -2.27. The molecule has 0 radical (unpaired) electrons. The number of benzene rings is 16. The molecular formula is C93H60N2O3. The molecule has 0 spiro atoms. The standard InChI is InChI=1S/C93H60N2O3/c1-96-76-32-18-31-74(56-76)94(73-30-17-27-68(55-73)60-21-7-3-8-22-60)75-57-84-83-50-47-79(65-39-37-64(38-40-65)77-33-15-16-34-78(77)69-41-35-61-23-11-13-25-66(61)53-69)92-89(83)90-82(81-49-48-80(91-88(81)87(84)86(58-75)97-91)70-42-36-62-24-12-14-26-67(62)54-70)51-52-85(93(90)98-92)95(71-28-9-4-10-29-71)72-45-43-63(44-46-72)59-19-5-2-6-20-59/h2-58H,1H3. The fourth-order valence-corrected chi connectivity index (χ4v) is 15.2. The van der Waals surface area contributed by atoms with Gasteiger partial charge < -0.3 is 23.4 Å². The lowest BCUT2D eigenvalue weighted by molar-refractivity contribution is 0.415. The van der Waals surface area contributed by atoms with E-state index in [0.29, 0.717) is 0 Å². The maximum Gasteiger partial charge on any atom is 0.160 e. The lowest BCUT2D eigenvalue weighted by atomic mass is 9.89. The van der Waals surface area contributed by atoms with Gasteiger partial charge in [0, 0.05) is 67.6 Å². The molecule has 460 valence electrons. The van der Waals surface area contributed by atoms with Crippen molar-refractivity contribution in [3.63, 3.8) is 0 Å². The number of ether oxygens (including phenoxy) is 1. The Morgan fingerprint density at radius 3 is 1.35 bits per heavy atom. The van der Waals surface area contributed by atoms with E-state index in [1.165, 1.54) is 32.8 Å². The number of hydrogen-bond donors (Lipinski definition) is 0. The Morgan fingerprint density at radius 2 is 0.684 bits per heavy atom. The van der Waals surface area contributed by atoms with E-state index >= 15 is 0 Å². The van der Waals surface area contributed by atoms with Crippen LogP contribution in [0.1, 0.15) is 0 Å². The van der Waals surface area contributed by atoms with Crippen LogP contribution in [-0.2, 0) is 0 Å². The first-order valence-corrected chi connectivity index (χ1v) is 33.4. The highest BCUT2D eigenvalue weighted by molar-refractivity contribution is 6.39.